The number of nitrogen functional groups attached to an aromatic ring is 1. The van der Waals surface area contributed by atoms with E-state index >= 15 is 0 Å². The molecule has 0 spiro atoms. The first kappa shape index (κ1) is 42.6. The van der Waals surface area contributed by atoms with Crippen molar-refractivity contribution in [3.05, 3.63) is 66.4 Å². The Morgan fingerprint density at radius 1 is 1.13 bits per heavy atom. The largest absolute Gasteiger partial charge is 0.457 e. The number of nitrogens with zero attached hydrogens (tertiary/aromatic N) is 3. The molecule has 1 fully saturated rings. The molecule has 1 aliphatic rings. The first-order valence-electron chi connectivity index (χ1n) is 19.2. The van der Waals surface area contributed by atoms with Gasteiger partial charge >= 0.3 is 5.97 Å². The molecule has 9 atom stereocenters. The predicted molar refractivity (Wildman–Crippen MR) is 213 cm³/mol. The molecule has 3 aromatic rings. The minimum absolute atomic E-state index is 0.101. The van der Waals surface area contributed by atoms with E-state index in [-0.39, 0.29) is 17.7 Å². The minimum atomic E-state index is -1.20. The number of nitrogens with two attached hydrogens (primary N) is 1. The summed E-state index contributed by atoms with van der Waals surface area (Å²) in [6.45, 7) is 13.1. The maximum atomic E-state index is 13.8. The van der Waals surface area contributed by atoms with Crippen molar-refractivity contribution in [1.29, 1.82) is 0 Å². The van der Waals surface area contributed by atoms with E-state index in [9.17, 15) is 9.59 Å². The van der Waals surface area contributed by atoms with Gasteiger partial charge in [-0.1, -0.05) is 74.9 Å². The Bertz CT molecular complexity index is 1700. The molecule has 2 radical (unpaired) electrons. The van der Waals surface area contributed by atoms with Crippen LogP contribution in [0.15, 0.2) is 60.8 Å². The second-order valence-corrected chi connectivity index (χ2v) is 15.3. The third-order valence-corrected chi connectivity index (χ3v) is 11.2. The molecule has 0 unspecified atom stereocenters. The monoisotopic (exact) mass is 738 g/mol. The lowest BCUT2D eigenvalue weighted by Crippen LogP contribution is -2.66. The SMILES string of the molecule is [B][C@@H]1[C@@H](C)C(=O)[C@@H](C)C(=O)O[C@H](CC)[C@@](C)(OC#C)[C@H](NCCCCn2cc(-c3cccc(N)c3)nn2)[C@@H](Cc2ccccc2)NC[C@H](C)C[C@@]1(C)OC. The van der Waals surface area contributed by atoms with Gasteiger partial charge in [0.1, 0.15) is 29.6 Å². The summed E-state index contributed by atoms with van der Waals surface area (Å²) in [5.74, 6) is -3.20. The number of methoxy groups -OCH3 is 1. The standard InChI is InChI=1S/C42H59BN6O5/c1-9-36-42(7,53-10-2)39(45-21-14-15-22-49-27-35(47-48-49)32-19-16-20-33(44)24-32)34(23-31-17-12-11-13-18-31)46-26-28(3)25-41(6,52-8)38(43)29(4)37(50)30(5)40(51)54-36/h2,11-13,16-20,24,27-30,34,36,38-39,45-46H,9,14-15,21-23,25-26,44H2,1,3-8H3/t28-,29+,30-,34-,36-,38-,39-,41-,42-/m1/s1. The maximum Gasteiger partial charge on any atom is 0.316 e. The number of hydrogen-bond acceptors (Lipinski definition) is 10. The highest BCUT2D eigenvalue weighted by Crippen LogP contribution is 2.38. The maximum absolute atomic E-state index is 13.8. The van der Waals surface area contributed by atoms with Crippen molar-refractivity contribution in [2.24, 2.45) is 17.8 Å². The van der Waals surface area contributed by atoms with E-state index in [0.717, 1.165) is 29.7 Å². The number of terminal acetylenes is 1. The van der Waals surface area contributed by atoms with Gasteiger partial charge in [-0.25, -0.2) is 0 Å². The van der Waals surface area contributed by atoms with E-state index in [2.05, 4.69) is 46.1 Å². The molecular weight excluding hydrogens is 679 g/mol. The number of anilines is 1. The van der Waals surface area contributed by atoms with Crippen LogP contribution in [0.2, 0.25) is 5.82 Å². The smallest absolute Gasteiger partial charge is 0.316 e. The van der Waals surface area contributed by atoms with Gasteiger partial charge in [0.25, 0.3) is 0 Å². The molecule has 11 nitrogen and oxygen atoms in total. The normalized spacial score (nSPS) is 30.1. The summed E-state index contributed by atoms with van der Waals surface area (Å²) < 4.78 is 20.3. The number of Topliss-reactive ketones (excluding diaryl/α,β-unsaturated/α-hetero) is 1. The molecule has 0 amide bonds. The van der Waals surface area contributed by atoms with E-state index in [0.29, 0.717) is 44.6 Å². The minimum Gasteiger partial charge on any atom is -0.457 e. The van der Waals surface area contributed by atoms with Gasteiger partial charge in [-0.15, -0.1) is 5.10 Å². The van der Waals surface area contributed by atoms with Gasteiger partial charge in [-0.3, -0.25) is 14.3 Å². The molecule has 1 saturated heterocycles. The van der Waals surface area contributed by atoms with Crippen molar-refractivity contribution in [3.63, 3.8) is 0 Å². The fourth-order valence-electron chi connectivity index (χ4n) is 7.81. The van der Waals surface area contributed by atoms with Crippen LogP contribution in [0, 0.1) is 30.3 Å². The molecule has 4 N–H and O–H groups in total. The lowest BCUT2D eigenvalue weighted by molar-refractivity contribution is -0.174. The van der Waals surface area contributed by atoms with Crippen LogP contribution in [0.25, 0.3) is 11.3 Å². The van der Waals surface area contributed by atoms with Crippen molar-refractivity contribution >= 4 is 25.3 Å². The van der Waals surface area contributed by atoms with Crippen molar-refractivity contribution in [2.75, 3.05) is 25.9 Å². The number of ketones is 1. The topological polar surface area (TPSA) is 143 Å². The molecule has 0 bridgehead atoms. The summed E-state index contributed by atoms with van der Waals surface area (Å²) in [6, 6.07) is 17.2. The first-order chi connectivity index (χ1) is 25.8. The number of cyclic esters (lactones) is 1. The molecule has 4 rings (SSSR count). The highest BCUT2D eigenvalue weighted by atomic mass is 16.6. The summed E-state index contributed by atoms with van der Waals surface area (Å²) in [6.07, 6.45) is 12.7. The van der Waals surface area contributed by atoms with Crippen LogP contribution in [-0.4, -0.2) is 84.2 Å². The Hall–Kier alpha value is -4.18. The van der Waals surface area contributed by atoms with Gasteiger partial charge in [0, 0.05) is 36.9 Å². The number of ether oxygens (including phenoxy) is 3. The quantitative estimate of drug-likeness (QED) is 0.0553. The summed E-state index contributed by atoms with van der Waals surface area (Å²) in [7, 11) is 8.38. The third kappa shape index (κ3) is 10.5. The van der Waals surface area contributed by atoms with Gasteiger partial charge < -0.3 is 30.6 Å². The molecule has 1 aliphatic heterocycles. The predicted octanol–water partition coefficient (Wildman–Crippen LogP) is 5.40. The number of hydrogen-bond donors (Lipinski definition) is 3. The Morgan fingerprint density at radius 2 is 1.87 bits per heavy atom. The molecule has 0 saturated carbocycles. The van der Waals surface area contributed by atoms with Gasteiger partial charge in [0.05, 0.1) is 25.7 Å². The van der Waals surface area contributed by atoms with Crippen LogP contribution in [0.4, 0.5) is 5.69 Å². The summed E-state index contributed by atoms with van der Waals surface area (Å²) in [5.41, 5.74) is 7.44. The average molecular weight is 739 g/mol. The third-order valence-electron chi connectivity index (χ3n) is 11.2. The Morgan fingerprint density at radius 3 is 2.54 bits per heavy atom. The Kier molecular flexibility index (Phi) is 15.3. The van der Waals surface area contributed by atoms with Crippen molar-refractivity contribution in [3.8, 4) is 23.8 Å². The number of esters is 1. The zero-order chi connectivity index (χ0) is 39.5. The highest BCUT2D eigenvalue weighted by Gasteiger charge is 2.50. The van der Waals surface area contributed by atoms with E-state index in [4.69, 9.17) is 34.2 Å². The van der Waals surface area contributed by atoms with E-state index in [1.807, 2.05) is 74.1 Å². The van der Waals surface area contributed by atoms with Gasteiger partial charge in [0.15, 0.2) is 5.60 Å². The number of aromatic nitrogens is 3. The molecular formula is C42H59BN6O5. The second-order valence-electron chi connectivity index (χ2n) is 15.3. The Balaban J connectivity index is 1.65. The lowest BCUT2D eigenvalue weighted by Gasteiger charge is -2.45. The molecule has 54 heavy (non-hydrogen) atoms. The van der Waals surface area contributed by atoms with Crippen LogP contribution in [-0.2, 0) is 36.8 Å². The number of unbranched alkanes of at least 4 members (excludes halogenated alkanes) is 1. The summed E-state index contributed by atoms with van der Waals surface area (Å²) in [4.78, 5) is 27.5. The van der Waals surface area contributed by atoms with Crippen molar-refractivity contribution < 1.29 is 23.8 Å². The van der Waals surface area contributed by atoms with Crippen molar-refractivity contribution in [2.45, 2.75) is 115 Å². The molecule has 12 heteroatoms. The zero-order valence-corrected chi connectivity index (χ0v) is 33.1. The molecule has 2 aromatic carbocycles. The highest BCUT2D eigenvalue weighted by molar-refractivity contribution is 6.15. The van der Waals surface area contributed by atoms with E-state index in [1.165, 1.54) is 0 Å². The van der Waals surface area contributed by atoms with Crippen LogP contribution < -0.4 is 16.4 Å². The van der Waals surface area contributed by atoms with Crippen LogP contribution >= 0.6 is 0 Å². The molecule has 0 aliphatic carbocycles. The Labute approximate surface area is 323 Å². The van der Waals surface area contributed by atoms with E-state index in [1.54, 1.807) is 21.0 Å². The molecule has 2 heterocycles. The van der Waals surface area contributed by atoms with Crippen LogP contribution in [0.5, 0.6) is 0 Å². The van der Waals surface area contributed by atoms with Gasteiger partial charge in [-0.2, -0.15) is 0 Å². The second kappa shape index (κ2) is 19.4. The van der Waals surface area contributed by atoms with Gasteiger partial charge in [0.2, 0.25) is 0 Å². The lowest BCUT2D eigenvalue weighted by atomic mass is 9.62. The zero-order valence-electron chi connectivity index (χ0n) is 33.1. The number of carbonyl (C=O) groups excluding carboxylic acids is 2. The number of carbonyl (C=O) groups is 2. The fourth-order valence-corrected chi connectivity index (χ4v) is 7.81. The summed E-state index contributed by atoms with van der Waals surface area (Å²) in [5, 5.41) is 16.3. The van der Waals surface area contributed by atoms with Crippen LogP contribution in [0.3, 0.4) is 0 Å². The average Bonchev–Trinajstić information content (AvgIpc) is 3.64. The van der Waals surface area contributed by atoms with E-state index < -0.39 is 47.0 Å². The summed E-state index contributed by atoms with van der Waals surface area (Å²) >= 11 is 0. The van der Waals surface area contributed by atoms with Crippen LogP contribution in [0.1, 0.15) is 72.8 Å². The fraction of sp³-hybridized carbons (Fsp3) is 0.571. The van der Waals surface area contributed by atoms with Crippen molar-refractivity contribution in [1.82, 2.24) is 25.6 Å². The number of aryl methyl sites for hydroxylation is 1. The number of benzene rings is 2. The number of nitrogens with one attached hydrogen (secondary N) is 2. The number of rotatable bonds is 12. The molecule has 1 aromatic heterocycles. The van der Waals surface area contributed by atoms with Gasteiger partial charge in [-0.05, 0) is 95.4 Å². The molecule has 290 valence electrons. The first-order valence-corrected chi connectivity index (χ1v) is 19.2.